The highest BCUT2D eigenvalue weighted by molar-refractivity contribution is 6.23. The van der Waals surface area contributed by atoms with Crippen LogP contribution in [0.2, 0.25) is 0 Å². The van der Waals surface area contributed by atoms with Crippen molar-refractivity contribution in [1.29, 1.82) is 0 Å². The number of fused-ring (bicyclic) bond motifs is 6. The molecule has 0 fully saturated rings. The molecule has 1 heterocycles. The molecule has 6 nitrogen and oxygen atoms in total. The number of anilines is 1. The molecule has 0 aliphatic rings. The fourth-order valence-corrected chi connectivity index (χ4v) is 6.54. The van der Waals surface area contributed by atoms with E-state index in [-0.39, 0.29) is 5.91 Å². The van der Waals surface area contributed by atoms with E-state index in [0.717, 1.165) is 79.7 Å². The molecule has 232 valence electrons. The first-order chi connectivity index (χ1) is 21.2. The molecule has 0 aliphatic carbocycles. The zero-order chi connectivity index (χ0) is 31.3. The maximum atomic E-state index is 13.0. The van der Waals surface area contributed by atoms with Gasteiger partial charge in [0.15, 0.2) is 6.54 Å². The minimum absolute atomic E-state index is 0.285. The third-order valence-electron chi connectivity index (χ3n) is 8.81. The molecule has 1 amide bonds. The van der Waals surface area contributed by atoms with Crippen LogP contribution in [-0.2, 0) is 11.3 Å². The van der Waals surface area contributed by atoms with E-state index in [2.05, 4.69) is 124 Å². The lowest BCUT2D eigenvalue weighted by molar-refractivity contribution is -0.883. The minimum Gasteiger partial charge on any atom is -0.378 e. The summed E-state index contributed by atoms with van der Waals surface area (Å²) in [6.45, 7) is 8.47. The number of aromatic nitrogens is 2. The van der Waals surface area contributed by atoms with Gasteiger partial charge in [0.1, 0.15) is 5.82 Å². The summed E-state index contributed by atoms with van der Waals surface area (Å²) < 4.78 is 3.20. The van der Waals surface area contributed by atoms with Crippen molar-refractivity contribution < 1.29 is 9.28 Å². The molecule has 1 aromatic heterocycles. The minimum atomic E-state index is 0.285. The van der Waals surface area contributed by atoms with Gasteiger partial charge in [0.05, 0.1) is 31.7 Å². The summed E-state index contributed by atoms with van der Waals surface area (Å²) in [7, 11) is 8.55. The topological polar surface area (TPSA) is 41.4 Å². The predicted octanol–water partition coefficient (Wildman–Crippen LogP) is 7.97. The van der Waals surface area contributed by atoms with Crippen molar-refractivity contribution in [2.75, 3.05) is 59.3 Å². The summed E-state index contributed by atoms with van der Waals surface area (Å²) in [6, 6.07) is 26.2. The van der Waals surface area contributed by atoms with Crippen LogP contribution in [0.5, 0.6) is 0 Å². The highest BCUT2D eigenvalue weighted by atomic mass is 16.2. The number of quaternary nitrogens is 1. The van der Waals surface area contributed by atoms with Gasteiger partial charge in [0.2, 0.25) is 0 Å². The van der Waals surface area contributed by atoms with Gasteiger partial charge in [-0.05, 0) is 67.1 Å². The number of rotatable bonds is 14. The Morgan fingerprint density at radius 2 is 1.36 bits per heavy atom. The lowest BCUT2D eigenvalue weighted by Crippen LogP contribution is -2.49. The molecule has 0 radical (unpaired) electrons. The molecule has 6 heteroatoms. The van der Waals surface area contributed by atoms with Crippen LogP contribution in [0.15, 0.2) is 72.8 Å². The summed E-state index contributed by atoms with van der Waals surface area (Å²) in [5, 5.41) is 4.98. The Morgan fingerprint density at radius 3 is 1.98 bits per heavy atom. The Bertz CT molecular complexity index is 1710. The fraction of sp³-hybridized carbons (Fsp3) is 0.421. The lowest BCUT2D eigenvalue weighted by Gasteiger charge is -2.32. The second-order valence-electron chi connectivity index (χ2n) is 13.1. The fourth-order valence-electron chi connectivity index (χ4n) is 6.54. The largest absolute Gasteiger partial charge is 0.378 e. The second-order valence-corrected chi connectivity index (χ2v) is 13.1. The van der Waals surface area contributed by atoms with Crippen LogP contribution in [0.3, 0.4) is 0 Å². The standard InChI is InChI=1S/C38H50N5O/c1-7-24-41(25-8-2)35(44)28-43(5,6)27-15-9-14-26-42-37-34-19-13-11-17-32(34)31-16-10-12-18-33(31)36(37)39-38(42)29-20-22-30(23-21-29)40(3)4/h10-13,16-23H,7-9,14-15,24-28H2,1-6H3/q+1. The molecule has 0 spiro atoms. The van der Waals surface area contributed by atoms with Crippen molar-refractivity contribution in [2.24, 2.45) is 0 Å². The molecule has 0 unspecified atom stereocenters. The second kappa shape index (κ2) is 13.8. The molecular formula is C38H50N5O+. The zero-order valence-electron chi connectivity index (χ0n) is 27.6. The van der Waals surface area contributed by atoms with Crippen LogP contribution < -0.4 is 4.90 Å². The quantitative estimate of drug-likeness (QED) is 0.0746. The number of carbonyl (C=O) groups excluding carboxylic acids is 1. The van der Waals surface area contributed by atoms with Crippen LogP contribution in [0.25, 0.3) is 44.0 Å². The van der Waals surface area contributed by atoms with Crippen LogP contribution in [0, 0.1) is 0 Å². The summed E-state index contributed by atoms with van der Waals surface area (Å²) in [4.78, 5) is 22.6. The Balaban J connectivity index is 1.41. The van der Waals surface area contributed by atoms with Gasteiger partial charge in [-0.2, -0.15) is 0 Å². The molecule has 5 rings (SSSR count). The van der Waals surface area contributed by atoms with E-state index < -0.39 is 0 Å². The monoisotopic (exact) mass is 592 g/mol. The summed E-state index contributed by atoms with van der Waals surface area (Å²) in [5.74, 6) is 1.31. The Hall–Kier alpha value is -3.90. The first-order valence-corrected chi connectivity index (χ1v) is 16.4. The number of carbonyl (C=O) groups is 1. The van der Waals surface area contributed by atoms with E-state index >= 15 is 0 Å². The number of aryl methyl sites for hydroxylation is 1. The number of unbranched alkanes of at least 4 members (excludes halogenated alkanes) is 2. The molecule has 0 aliphatic heterocycles. The van der Waals surface area contributed by atoms with E-state index in [1.807, 2.05) is 4.90 Å². The van der Waals surface area contributed by atoms with E-state index in [0.29, 0.717) is 6.54 Å². The number of hydrogen-bond acceptors (Lipinski definition) is 3. The number of nitrogens with zero attached hydrogens (tertiary/aromatic N) is 5. The van der Waals surface area contributed by atoms with Crippen LogP contribution >= 0.6 is 0 Å². The molecule has 4 aromatic carbocycles. The van der Waals surface area contributed by atoms with Gasteiger partial charge in [-0.3, -0.25) is 4.79 Å². The first kappa shape index (κ1) is 31.5. The summed E-state index contributed by atoms with van der Waals surface area (Å²) in [5.41, 5.74) is 4.62. The van der Waals surface area contributed by atoms with Crippen LogP contribution in [0.1, 0.15) is 46.0 Å². The van der Waals surface area contributed by atoms with Gasteiger partial charge < -0.3 is 18.8 Å². The Labute approximate surface area is 263 Å². The van der Waals surface area contributed by atoms with Crippen molar-refractivity contribution >= 4 is 44.2 Å². The highest BCUT2D eigenvalue weighted by Gasteiger charge is 2.24. The number of amides is 1. The van der Waals surface area contributed by atoms with Gasteiger partial charge in [-0.15, -0.1) is 0 Å². The number of imidazole rings is 1. The first-order valence-electron chi connectivity index (χ1n) is 16.4. The maximum Gasteiger partial charge on any atom is 0.277 e. The van der Waals surface area contributed by atoms with Crippen molar-refractivity contribution in [1.82, 2.24) is 14.5 Å². The molecule has 0 bridgehead atoms. The molecule has 0 saturated heterocycles. The van der Waals surface area contributed by atoms with Crippen molar-refractivity contribution in [3.05, 3.63) is 72.8 Å². The zero-order valence-corrected chi connectivity index (χ0v) is 27.6. The molecule has 0 N–H and O–H groups in total. The number of hydrogen-bond donors (Lipinski definition) is 0. The number of benzene rings is 4. The SMILES string of the molecule is CCCN(CCC)C(=O)C[N+](C)(C)CCCCCn1c(-c2ccc(N(C)C)cc2)nc2c3ccccc3c3ccccc3c21. The highest BCUT2D eigenvalue weighted by Crippen LogP contribution is 2.37. The predicted molar refractivity (Wildman–Crippen MR) is 187 cm³/mol. The van der Waals surface area contributed by atoms with Crippen molar-refractivity contribution in [2.45, 2.75) is 52.5 Å². The molecular weight excluding hydrogens is 542 g/mol. The Kier molecular flexibility index (Phi) is 9.90. The molecule has 5 aromatic rings. The molecule has 0 atom stereocenters. The van der Waals surface area contributed by atoms with E-state index in [9.17, 15) is 4.79 Å². The van der Waals surface area contributed by atoms with Gasteiger partial charge in [-0.25, -0.2) is 4.98 Å². The van der Waals surface area contributed by atoms with Crippen molar-refractivity contribution in [3.63, 3.8) is 0 Å². The number of likely N-dealkylation sites (N-methyl/N-ethyl adjacent to an activating group) is 1. The van der Waals surface area contributed by atoms with Gasteiger partial charge in [0.25, 0.3) is 5.91 Å². The molecule has 0 saturated carbocycles. The van der Waals surface area contributed by atoms with Crippen LogP contribution in [0.4, 0.5) is 5.69 Å². The van der Waals surface area contributed by atoms with Gasteiger partial charge in [0, 0.05) is 55.8 Å². The Morgan fingerprint density at radius 1 is 0.773 bits per heavy atom. The average molecular weight is 593 g/mol. The lowest BCUT2D eigenvalue weighted by atomic mass is 10.00. The third-order valence-corrected chi connectivity index (χ3v) is 8.81. The van der Waals surface area contributed by atoms with Gasteiger partial charge in [-0.1, -0.05) is 62.4 Å². The normalized spacial score (nSPS) is 12.0. The third kappa shape index (κ3) is 6.76. The van der Waals surface area contributed by atoms with E-state index in [1.165, 1.54) is 32.7 Å². The summed E-state index contributed by atoms with van der Waals surface area (Å²) >= 11 is 0. The average Bonchev–Trinajstić information content (AvgIpc) is 3.40. The summed E-state index contributed by atoms with van der Waals surface area (Å²) in [6.07, 6.45) is 5.27. The van der Waals surface area contributed by atoms with Gasteiger partial charge >= 0.3 is 0 Å². The molecule has 44 heavy (non-hydrogen) atoms. The van der Waals surface area contributed by atoms with E-state index in [1.54, 1.807) is 0 Å². The van der Waals surface area contributed by atoms with Crippen LogP contribution in [-0.4, -0.2) is 79.2 Å². The van der Waals surface area contributed by atoms with Crippen molar-refractivity contribution in [3.8, 4) is 11.4 Å². The van der Waals surface area contributed by atoms with E-state index in [4.69, 9.17) is 4.98 Å². The smallest absolute Gasteiger partial charge is 0.277 e. The maximum absolute atomic E-state index is 13.0.